The highest BCUT2D eigenvalue weighted by molar-refractivity contribution is 5.88. The van der Waals surface area contributed by atoms with E-state index >= 15 is 0 Å². The van der Waals surface area contributed by atoms with Crippen LogP contribution in [0.3, 0.4) is 0 Å². The summed E-state index contributed by atoms with van der Waals surface area (Å²) < 4.78 is 5.18. The van der Waals surface area contributed by atoms with Crippen LogP contribution in [0.5, 0.6) is 5.75 Å². The number of aryl methyl sites for hydroxylation is 1. The summed E-state index contributed by atoms with van der Waals surface area (Å²) in [4.78, 5) is 27.4. The molecule has 29 heavy (non-hydrogen) atoms. The quantitative estimate of drug-likeness (QED) is 0.620. The number of carbonyl (C=O) groups is 2. The van der Waals surface area contributed by atoms with Gasteiger partial charge in [0.15, 0.2) is 0 Å². The third-order valence-corrected chi connectivity index (χ3v) is 4.98. The highest BCUT2D eigenvalue weighted by Gasteiger charge is 2.26. The number of nitrogens with one attached hydrogen (secondary N) is 1. The molecule has 2 amide bonds. The molecular weight excluding hydrogens is 364 g/mol. The molecule has 0 radical (unpaired) electrons. The van der Waals surface area contributed by atoms with Crippen LogP contribution in [0, 0.1) is 6.92 Å². The van der Waals surface area contributed by atoms with Gasteiger partial charge in [0, 0.05) is 13.1 Å². The van der Waals surface area contributed by atoms with Crippen molar-refractivity contribution in [3.05, 3.63) is 65.2 Å². The Labute approximate surface area is 174 Å². The van der Waals surface area contributed by atoms with Crippen LogP contribution in [0.2, 0.25) is 0 Å². The molecule has 0 spiro atoms. The van der Waals surface area contributed by atoms with E-state index in [-0.39, 0.29) is 18.2 Å². The van der Waals surface area contributed by atoms with E-state index in [9.17, 15) is 9.59 Å². The molecule has 2 aromatic carbocycles. The number of nitrogens with zero attached hydrogens (tertiary/aromatic N) is 1. The number of hydrogen-bond acceptors (Lipinski definition) is 3. The normalized spacial score (nSPS) is 11.6. The van der Waals surface area contributed by atoms with Gasteiger partial charge in [-0.05, 0) is 43.5 Å². The predicted octanol–water partition coefficient (Wildman–Crippen LogP) is 3.88. The summed E-state index contributed by atoms with van der Waals surface area (Å²) in [5.41, 5.74) is 3.06. The summed E-state index contributed by atoms with van der Waals surface area (Å²) in [6.07, 6.45) is 2.18. The number of amides is 2. The Bertz CT molecular complexity index is 785. The van der Waals surface area contributed by atoms with Crippen LogP contribution < -0.4 is 10.1 Å². The molecule has 0 saturated heterocycles. The predicted molar refractivity (Wildman–Crippen MR) is 116 cm³/mol. The minimum atomic E-state index is -0.543. The standard InChI is InChI=1S/C24H32N2O3/c1-5-6-15-25-24(28)19(3)26(17-21-9-7-18(2)8-10-21)23(27)16-20-11-13-22(29-4)14-12-20/h7-14,19H,5-6,15-17H2,1-4H3,(H,25,28). The third kappa shape index (κ3) is 6.93. The lowest BCUT2D eigenvalue weighted by molar-refractivity contribution is -0.140. The van der Waals surface area contributed by atoms with E-state index in [1.807, 2.05) is 55.5 Å². The summed E-state index contributed by atoms with van der Waals surface area (Å²) in [5, 5.41) is 2.94. The molecule has 1 unspecified atom stereocenters. The number of hydrogen-bond donors (Lipinski definition) is 1. The summed E-state index contributed by atoms with van der Waals surface area (Å²) in [7, 11) is 1.61. The van der Waals surface area contributed by atoms with E-state index in [1.165, 1.54) is 0 Å². The highest BCUT2D eigenvalue weighted by Crippen LogP contribution is 2.16. The molecule has 156 valence electrons. The van der Waals surface area contributed by atoms with Crippen LogP contribution in [-0.4, -0.2) is 36.4 Å². The van der Waals surface area contributed by atoms with Crippen LogP contribution >= 0.6 is 0 Å². The van der Waals surface area contributed by atoms with E-state index in [0.717, 1.165) is 35.3 Å². The zero-order valence-corrected chi connectivity index (χ0v) is 17.9. The number of ether oxygens (including phenoxy) is 1. The highest BCUT2D eigenvalue weighted by atomic mass is 16.5. The van der Waals surface area contributed by atoms with Gasteiger partial charge in [-0.15, -0.1) is 0 Å². The maximum Gasteiger partial charge on any atom is 0.242 e. The molecule has 0 aliphatic rings. The lowest BCUT2D eigenvalue weighted by Crippen LogP contribution is -2.48. The van der Waals surface area contributed by atoms with E-state index in [1.54, 1.807) is 18.9 Å². The Hall–Kier alpha value is -2.82. The van der Waals surface area contributed by atoms with Crippen molar-refractivity contribution in [2.24, 2.45) is 0 Å². The average Bonchev–Trinajstić information content (AvgIpc) is 2.73. The second-order valence-corrected chi connectivity index (χ2v) is 7.35. The Morgan fingerprint density at radius 1 is 1.03 bits per heavy atom. The SMILES string of the molecule is CCCCNC(=O)C(C)N(Cc1ccc(C)cc1)C(=O)Cc1ccc(OC)cc1. The zero-order valence-electron chi connectivity index (χ0n) is 17.9. The van der Waals surface area contributed by atoms with E-state index in [4.69, 9.17) is 4.74 Å². The Morgan fingerprint density at radius 2 is 1.66 bits per heavy atom. The van der Waals surface area contributed by atoms with Gasteiger partial charge in [-0.1, -0.05) is 55.3 Å². The fourth-order valence-corrected chi connectivity index (χ4v) is 3.03. The fraction of sp³-hybridized carbons (Fsp3) is 0.417. The minimum Gasteiger partial charge on any atom is -0.497 e. The molecule has 0 aliphatic carbocycles. The molecule has 5 nitrogen and oxygen atoms in total. The first-order valence-electron chi connectivity index (χ1n) is 10.2. The molecule has 0 saturated carbocycles. The van der Waals surface area contributed by atoms with Crippen LogP contribution in [0.1, 0.15) is 43.4 Å². The van der Waals surface area contributed by atoms with Crippen LogP contribution in [0.25, 0.3) is 0 Å². The van der Waals surface area contributed by atoms with Crippen molar-refractivity contribution < 1.29 is 14.3 Å². The van der Waals surface area contributed by atoms with Crippen LogP contribution in [0.15, 0.2) is 48.5 Å². The van der Waals surface area contributed by atoms with Gasteiger partial charge in [-0.2, -0.15) is 0 Å². The average molecular weight is 397 g/mol. The number of unbranched alkanes of at least 4 members (excludes halogenated alkanes) is 1. The van der Waals surface area contributed by atoms with Gasteiger partial charge in [-0.3, -0.25) is 9.59 Å². The van der Waals surface area contributed by atoms with Crippen molar-refractivity contribution in [2.45, 2.75) is 52.6 Å². The first-order valence-corrected chi connectivity index (χ1v) is 10.2. The summed E-state index contributed by atoms with van der Waals surface area (Å²) in [5.74, 6) is 0.559. The van der Waals surface area contributed by atoms with Crippen molar-refractivity contribution in [3.63, 3.8) is 0 Å². The Morgan fingerprint density at radius 3 is 2.24 bits per heavy atom. The van der Waals surface area contributed by atoms with Gasteiger partial charge in [0.25, 0.3) is 0 Å². The van der Waals surface area contributed by atoms with Gasteiger partial charge in [0.1, 0.15) is 11.8 Å². The first kappa shape index (κ1) is 22.5. The van der Waals surface area contributed by atoms with Crippen molar-refractivity contribution in [1.29, 1.82) is 0 Å². The second kappa shape index (κ2) is 11.2. The molecule has 2 rings (SSSR count). The van der Waals surface area contributed by atoms with Crippen molar-refractivity contribution >= 4 is 11.8 Å². The first-order chi connectivity index (χ1) is 13.9. The van der Waals surface area contributed by atoms with E-state index in [2.05, 4.69) is 12.2 Å². The topological polar surface area (TPSA) is 58.6 Å². The monoisotopic (exact) mass is 396 g/mol. The number of rotatable bonds is 10. The van der Waals surface area contributed by atoms with Crippen LogP contribution in [-0.2, 0) is 22.6 Å². The largest absolute Gasteiger partial charge is 0.497 e. The molecule has 2 aromatic rings. The van der Waals surface area contributed by atoms with Crippen LogP contribution in [0.4, 0.5) is 0 Å². The van der Waals surface area contributed by atoms with Crippen molar-refractivity contribution in [1.82, 2.24) is 10.2 Å². The third-order valence-electron chi connectivity index (χ3n) is 4.98. The molecule has 0 aromatic heterocycles. The molecule has 0 fully saturated rings. The molecule has 5 heteroatoms. The second-order valence-electron chi connectivity index (χ2n) is 7.35. The number of carbonyl (C=O) groups excluding carboxylic acids is 2. The molecule has 0 bridgehead atoms. The van der Waals surface area contributed by atoms with E-state index < -0.39 is 6.04 Å². The molecular formula is C24H32N2O3. The van der Waals surface area contributed by atoms with E-state index in [0.29, 0.717) is 13.1 Å². The maximum atomic E-state index is 13.1. The lowest BCUT2D eigenvalue weighted by Gasteiger charge is -2.29. The van der Waals surface area contributed by atoms with Gasteiger partial charge < -0.3 is 15.0 Å². The minimum absolute atomic E-state index is 0.0751. The molecule has 0 aliphatic heterocycles. The molecule has 1 atom stereocenters. The summed E-state index contributed by atoms with van der Waals surface area (Å²) >= 11 is 0. The van der Waals surface area contributed by atoms with Gasteiger partial charge in [-0.25, -0.2) is 0 Å². The fourth-order valence-electron chi connectivity index (χ4n) is 3.03. The number of benzene rings is 2. The molecule has 0 heterocycles. The van der Waals surface area contributed by atoms with Gasteiger partial charge in [0.2, 0.25) is 11.8 Å². The zero-order chi connectivity index (χ0) is 21.2. The number of methoxy groups -OCH3 is 1. The van der Waals surface area contributed by atoms with Crippen molar-refractivity contribution in [2.75, 3.05) is 13.7 Å². The smallest absolute Gasteiger partial charge is 0.242 e. The van der Waals surface area contributed by atoms with Crippen molar-refractivity contribution in [3.8, 4) is 5.75 Å². The van der Waals surface area contributed by atoms with Gasteiger partial charge >= 0.3 is 0 Å². The Kier molecular flexibility index (Phi) is 8.71. The maximum absolute atomic E-state index is 13.1. The molecule has 1 N–H and O–H groups in total. The summed E-state index contributed by atoms with van der Waals surface area (Å²) in [6, 6.07) is 15.0. The van der Waals surface area contributed by atoms with Gasteiger partial charge in [0.05, 0.1) is 13.5 Å². The lowest BCUT2D eigenvalue weighted by atomic mass is 10.1. The Balaban J connectivity index is 2.15. The summed E-state index contributed by atoms with van der Waals surface area (Å²) in [6.45, 7) is 6.93.